The fourth-order valence-electron chi connectivity index (χ4n) is 4.32. The van der Waals surface area contributed by atoms with Crippen LogP contribution < -0.4 is 10.6 Å². The SMILES string of the molecule is C[C@H]1[C@@H](O)[C@H](O)[C@H](C)P1c1ccccc1P1[C@@H](C)[C@@H](O)[C@H](O)[C@@H]1C. The Morgan fingerprint density at radius 2 is 0.833 bits per heavy atom. The van der Waals surface area contributed by atoms with Crippen molar-refractivity contribution in [1.82, 2.24) is 0 Å². The molecule has 2 fully saturated rings. The van der Waals surface area contributed by atoms with E-state index >= 15 is 0 Å². The van der Waals surface area contributed by atoms with Crippen LogP contribution in [0.2, 0.25) is 0 Å². The molecule has 0 aliphatic carbocycles. The lowest BCUT2D eigenvalue weighted by molar-refractivity contribution is 0.0327. The van der Waals surface area contributed by atoms with Gasteiger partial charge in [-0.15, -0.1) is 0 Å². The van der Waals surface area contributed by atoms with Crippen LogP contribution >= 0.6 is 15.8 Å². The maximum Gasteiger partial charge on any atom is 0.0872 e. The molecular weight excluding hydrogens is 342 g/mol. The number of aliphatic hydroxyl groups is 4. The van der Waals surface area contributed by atoms with Crippen LogP contribution in [0.25, 0.3) is 0 Å². The number of hydrogen-bond donors (Lipinski definition) is 4. The second kappa shape index (κ2) is 6.91. The largest absolute Gasteiger partial charge is 0.390 e. The second-order valence-electron chi connectivity index (χ2n) is 7.23. The highest BCUT2D eigenvalue weighted by Crippen LogP contribution is 2.59. The van der Waals surface area contributed by atoms with Gasteiger partial charge in [0.25, 0.3) is 0 Å². The maximum absolute atomic E-state index is 10.3. The Morgan fingerprint density at radius 1 is 0.583 bits per heavy atom. The first-order valence-electron chi connectivity index (χ1n) is 8.65. The first-order valence-corrected chi connectivity index (χ1v) is 11.6. The average molecular weight is 370 g/mol. The molecule has 2 heterocycles. The molecule has 0 bridgehead atoms. The summed E-state index contributed by atoms with van der Waals surface area (Å²) in [5, 5.41) is 43.7. The van der Waals surface area contributed by atoms with Gasteiger partial charge in [-0.05, 0) is 10.6 Å². The summed E-state index contributed by atoms with van der Waals surface area (Å²) in [4.78, 5) is 0. The van der Waals surface area contributed by atoms with Crippen LogP contribution in [0.1, 0.15) is 27.7 Å². The molecule has 2 saturated heterocycles. The van der Waals surface area contributed by atoms with Gasteiger partial charge < -0.3 is 20.4 Å². The number of benzene rings is 1. The Balaban J connectivity index is 2.04. The summed E-state index contributed by atoms with van der Waals surface area (Å²) in [6, 6.07) is 8.28. The Bertz CT molecular complexity index is 519. The van der Waals surface area contributed by atoms with Crippen LogP contribution in [0.15, 0.2) is 24.3 Å². The summed E-state index contributed by atoms with van der Waals surface area (Å²) in [6.45, 7) is 8.10. The van der Waals surface area contributed by atoms with Crippen LogP contribution in [0, 0.1) is 0 Å². The van der Waals surface area contributed by atoms with Gasteiger partial charge in [-0.25, -0.2) is 0 Å². The van der Waals surface area contributed by atoms with E-state index in [0.29, 0.717) is 0 Å². The molecule has 0 unspecified atom stereocenters. The molecule has 134 valence electrons. The first-order chi connectivity index (χ1) is 11.3. The molecule has 6 heteroatoms. The van der Waals surface area contributed by atoms with E-state index in [1.807, 2.05) is 39.8 Å². The molecule has 0 aromatic heterocycles. The average Bonchev–Trinajstić information content (AvgIpc) is 2.88. The van der Waals surface area contributed by atoms with Gasteiger partial charge in [0, 0.05) is 22.6 Å². The zero-order valence-corrected chi connectivity index (χ0v) is 16.4. The Kier molecular flexibility index (Phi) is 5.39. The number of aliphatic hydroxyl groups excluding tert-OH is 4. The third-order valence-corrected chi connectivity index (χ3v) is 12.7. The highest BCUT2D eigenvalue weighted by Gasteiger charge is 2.49. The van der Waals surface area contributed by atoms with E-state index in [1.165, 1.54) is 10.6 Å². The van der Waals surface area contributed by atoms with Crippen molar-refractivity contribution in [2.75, 3.05) is 0 Å². The number of rotatable bonds is 2. The highest BCUT2D eigenvalue weighted by atomic mass is 31.1. The molecule has 0 spiro atoms. The predicted octanol–water partition coefficient (Wildman–Crippen LogP) is 0.926. The summed E-state index contributed by atoms with van der Waals surface area (Å²) in [5.74, 6) is 0. The van der Waals surface area contributed by atoms with Crippen LogP contribution in [-0.2, 0) is 0 Å². The van der Waals surface area contributed by atoms with Crippen LogP contribution in [-0.4, -0.2) is 67.5 Å². The molecule has 2 aliphatic heterocycles. The maximum atomic E-state index is 10.3. The molecule has 8 atom stereocenters. The second-order valence-corrected chi connectivity index (χ2v) is 13.1. The normalized spacial score (nSPS) is 48.8. The lowest BCUT2D eigenvalue weighted by atomic mass is 10.1. The van der Waals surface area contributed by atoms with E-state index in [1.54, 1.807) is 0 Å². The van der Waals surface area contributed by atoms with Gasteiger partial charge in [-0.2, -0.15) is 0 Å². The van der Waals surface area contributed by atoms with Crippen molar-refractivity contribution in [2.24, 2.45) is 0 Å². The lowest BCUT2D eigenvalue weighted by Gasteiger charge is -2.30. The molecule has 1 aromatic rings. The summed E-state index contributed by atoms with van der Waals surface area (Å²) < 4.78 is 0. The molecule has 24 heavy (non-hydrogen) atoms. The zero-order valence-electron chi connectivity index (χ0n) is 14.6. The van der Waals surface area contributed by atoms with Gasteiger partial charge in [0.05, 0.1) is 24.4 Å². The molecule has 1 aromatic carbocycles. The Hall–Kier alpha value is -0.0800. The Labute approximate surface area is 146 Å². The van der Waals surface area contributed by atoms with Crippen molar-refractivity contribution in [3.63, 3.8) is 0 Å². The molecular formula is C18H28O4P2. The minimum Gasteiger partial charge on any atom is -0.390 e. The van der Waals surface area contributed by atoms with Crippen molar-refractivity contribution in [3.05, 3.63) is 24.3 Å². The van der Waals surface area contributed by atoms with Gasteiger partial charge in [0.15, 0.2) is 0 Å². The zero-order chi connectivity index (χ0) is 17.8. The fraction of sp³-hybridized carbons (Fsp3) is 0.667. The molecule has 2 aliphatic rings. The molecule has 0 amide bonds. The summed E-state index contributed by atoms with van der Waals surface area (Å²) >= 11 is 0. The van der Waals surface area contributed by atoms with E-state index in [2.05, 4.69) is 12.1 Å². The van der Waals surface area contributed by atoms with Crippen molar-refractivity contribution >= 4 is 26.5 Å². The lowest BCUT2D eigenvalue weighted by Crippen LogP contribution is -2.30. The fourth-order valence-corrected chi connectivity index (χ4v) is 11.5. The van der Waals surface area contributed by atoms with Crippen molar-refractivity contribution in [3.8, 4) is 0 Å². The smallest absolute Gasteiger partial charge is 0.0872 e. The molecule has 4 N–H and O–H groups in total. The third kappa shape index (κ3) is 2.76. The molecule has 4 nitrogen and oxygen atoms in total. The Morgan fingerprint density at radius 3 is 1.08 bits per heavy atom. The van der Waals surface area contributed by atoms with Crippen LogP contribution in [0.3, 0.4) is 0 Å². The van der Waals surface area contributed by atoms with Gasteiger partial charge >= 0.3 is 0 Å². The minimum absolute atomic E-state index is 0.0456. The molecule has 0 saturated carbocycles. The number of hydrogen-bond acceptors (Lipinski definition) is 4. The highest BCUT2D eigenvalue weighted by molar-refractivity contribution is 7.73. The van der Waals surface area contributed by atoms with Gasteiger partial charge in [-0.3, -0.25) is 0 Å². The van der Waals surface area contributed by atoms with Crippen LogP contribution in [0.4, 0.5) is 0 Å². The molecule has 0 radical (unpaired) electrons. The molecule has 3 rings (SSSR count). The summed E-state index contributed by atoms with van der Waals surface area (Å²) in [5.41, 5.74) is 0.182. The summed E-state index contributed by atoms with van der Waals surface area (Å²) in [6.07, 6.45) is -2.72. The van der Waals surface area contributed by atoms with Gasteiger partial charge in [0.1, 0.15) is 0 Å². The van der Waals surface area contributed by atoms with E-state index in [0.717, 1.165) is 0 Å². The van der Waals surface area contributed by atoms with Crippen LogP contribution in [0.5, 0.6) is 0 Å². The van der Waals surface area contributed by atoms with Gasteiger partial charge in [-0.1, -0.05) is 67.8 Å². The van der Waals surface area contributed by atoms with E-state index in [-0.39, 0.29) is 22.6 Å². The monoisotopic (exact) mass is 370 g/mol. The minimum atomic E-state index is -0.692. The third-order valence-electron chi connectivity index (χ3n) is 5.87. The van der Waals surface area contributed by atoms with E-state index in [4.69, 9.17) is 0 Å². The van der Waals surface area contributed by atoms with E-state index in [9.17, 15) is 20.4 Å². The van der Waals surface area contributed by atoms with Gasteiger partial charge in [0.2, 0.25) is 0 Å². The van der Waals surface area contributed by atoms with Crippen molar-refractivity contribution < 1.29 is 20.4 Å². The first kappa shape index (κ1) is 18.7. The van der Waals surface area contributed by atoms with Crippen molar-refractivity contribution in [1.29, 1.82) is 0 Å². The predicted molar refractivity (Wildman–Crippen MR) is 101 cm³/mol. The topological polar surface area (TPSA) is 80.9 Å². The standard InChI is InChI=1S/C18H28O4P2/c1-9-15(19)16(20)10(2)23(9)13-7-5-6-8-14(13)24-11(3)17(21)18(22)12(24)4/h5-12,15-22H,1-4H3/t9-,10-,11-,12-,15+,16+,17+,18+/m0/s1. The van der Waals surface area contributed by atoms with E-state index < -0.39 is 40.3 Å². The van der Waals surface area contributed by atoms with Crippen molar-refractivity contribution in [2.45, 2.75) is 74.7 Å². The quantitative estimate of drug-likeness (QED) is 0.584. The summed E-state index contributed by atoms with van der Waals surface area (Å²) in [7, 11) is -1.38.